The summed E-state index contributed by atoms with van der Waals surface area (Å²) in [7, 11) is 0. The third-order valence-corrected chi connectivity index (χ3v) is 6.81. The molecule has 0 unspecified atom stereocenters. The fraction of sp³-hybridized carbons (Fsp3) is 0.417. The minimum atomic E-state index is 0.260. The van der Waals surface area contributed by atoms with Crippen LogP contribution in [0.1, 0.15) is 50.3 Å². The zero-order valence-corrected chi connectivity index (χ0v) is 15.2. The number of hydrogen-bond acceptors (Lipinski definition) is 0. The lowest BCUT2D eigenvalue weighted by Gasteiger charge is -2.54. The average Bonchev–Trinajstić information content (AvgIpc) is 2.59. The molecule has 2 aromatic carbocycles. The Bertz CT molecular complexity index is 766. The van der Waals surface area contributed by atoms with Gasteiger partial charge in [0.25, 0.3) is 0 Å². The van der Waals surface area contributed by atoms with E-state index in [1.807, 2.05) is 0 Å². The molecule has 0 heterocycles. The highest BCUT2D eigenvalue weighted by Gasteiger charge is 2.50. The van der Waals surface area contributed by atoms with Crippen LogP contribution in [0.4, 0.5) is 0 Å². The molecule has 0 saturated carbocycles. The predicted molar refractivity (Wildman–Crippen MR) is 102 cm³/mol. The van der Waals surface area contributed by atoms with E-state index in [2.05, 4.69) is 81.4 Å². The van der Waals surface area contributed by atoms with Crippen LogP contribution >= 0.6 is 0 Å². The largest absolute Gasteiger partial charge is 0.0836 e. The first kappa shape index (κ1) is 15.7. The van der Waals surface area contributed by atoms with Crippen molar-refractivity contribution in [3.05, 3.63) is 82.9 Å². The van der Waals surface area contributed by atoms with E-state index < -0.39 is 0 Å². The van der Waals surface area contributed by atoms with Gasteiger partial charge in [-0.1, -0.05) is 87.0 Å². The van der Waals surface area contributed by atoms with Gasteiger partial charge in [-0.15, -0.1) is 0 Å². The van der Waals surface area contributed by atoms with Crippen LogP contribution in [0.15, 0.2) is 66.2 Å². The second-order valence-electron chi connectivity index (χ2n) is 8.48. The van der Waals surface area contributed by atoms with Crippen LogP contribution in [-0.4, -0.2) is 0 Å². The standard InChI is InChI=1S/C24H28/c1-23(2)20(17-18-9-5-4-6-10-18)15-16-24(3)21-12-8-7-11-19(21)13-14-22(23)24/h4-12,15,22H,13-14,16-17H2,1-3H3/t22-,24+/m0/s1. The van der Waals surface area contributed by atoms with Crippen molar-refractivity contribution in [2.45, 2.75) is 51.9 Å². The number of hydrogen-bond donors (Lipinski definition) is 0. The normalized spacial score (nSPS) is 27.8. The van der Waals surface area contributed by atoms with Gasteiger partial charge in [0, 0.05) is 0 Å². The smallest absolute Gasteiger partial charge is 0.000150 e. The summed E-state index contributed by atoms with van der Waals surface area (Å²) < 4.78 is 0. The number of allylic oxidation sites excluding steroid dienone is 2. The number of rotatable bonds is 2. The fourth-order valence-corrected chi connectivity index (χ4v) is 5.45. The summed E-state index contributed by atoms with van der Waals surface area (Å²) >= 11 is 0. The molecule has 4 rings (SSSR count). The highest BCUT2D eigenvalue weighted by atomic mass is 14.5. The van der Waals surface area contributed by atoms with E-state index in [0.717, 1.165) is 12.3 Å². The first-order valence-corrected chi connectivity index (χ1v) is 9.33. The van der Waals surface area contributed by atoms with Crippen LogP contribution in [-0.2, 0) is 18.3 Å². The summed E-state index contributed by atoms with van der Waals surface area (Å²) in [6, 6.07) is 20.1. The molecular weight excluding hydrogens is 288 g/mol. The van der Waals surface area contributed by atoms with Crippen molar-refractivity contribution in [2.75, 3.05) is 0 Å². The van der Waals surface area contributed by atoms with E-state index >= 15 is 0 Å². The van der Waals surface area contributed by atoms with Gasteiger partial charge < -0.3 is 0 Å². The zero-order valence-electron chi connectivity index (χ0n) is 15.2. The Labute approximate surface area is 146 Å². The first-order valence-electron chi connectivity index (χ1n) is 9.33. The van der Waals surface area contributed by atoms with Gasteiger partial charge in [-0.05, 0) is 59.1 Å². The summed E-state index contributed by atoms with van der Waals surface area (Å²) in [6.07, 6.45) is 7.39. The first-order chi connectivity index (χ1) is 11.5. The van der Waals surface area contributed by atoms with E-state index in [1.54, 1.807) is 16.7 Å². The molecular formula is C24H28. The molecule has 0 heteroatoms. The fourth-order valence-electron chi connectivity index (χ4n) is 5.45. The van der Waals surface area contributed by atoms with E-state index in [-0.39, 0.29) is 5.41 Å². The summed E-state index contributed by atoms with van der Waals surface area (Å²) in [5.74, 6) is 0.726. The third kappa shape index (κ3) is 2.35. The number of fused-ring (bicyclic) bond motifs is 3. The molecule has 2 atom stereocenters. The lowest BCUT2D eigenvalue weighted by Crippen LogP contribution is -2.48. The second kappa shape index (κ2) is 5.62. The Morgan fingerprint density at radius 1 is 0.917 bits per heavy atom. The van der Waals surface area contributed by atoms with Crippen LogP contribution in [0, 0.1) is 11.3 Å². The summed E-state index contributed by atoms with van der Waals surface area (Å²) in [4.78, 5) is 0. The highest BCUT2D eigenvalue weighted by molar-refractivity contribution is 5.42. The van der Waals surface area contributed by atoms with Crippen LogP contribution in [0.3, 0.4) is 0 Å². The summed E-state index contributed by atoms with van der Waals surface area (Å²) in [5, 5.41) is 0. The van der Waals surface area contributed by atoms with Crippen LogP contribution in [0.5, 0.6) is 0 Å². The molecule has 2 aliphatic carbocycles. The minimum absolute atomic E-state index is 0.260. The molecule has 0 fully saturated rings. The Morgan fingerprint density at radius 2 is 1.62 bits per heavy atom. The van der Waals surface area contributed by atoms with Gasteiger partial charge in [-0.25, -0.2) is 0 Å². The van der Waals surface area contributed by atoms with E-state index in [1.165, 1.54) is 24.8 Å². The average molecular weight is 316 g/mol. The van der Waals surface area contributed by atoms with E-state index in [0.29, 0.717) is 5.41 Å². The molecule has 2 aliphatic rings. The maximum atomic E-state index is 2.56. The van der Waals surface area contributed by atoms with E-state index in [4.69, 9.17) is 0 Å². The van der Waals surface area contributed by atoms with Crippen LogP contribution in [0.25, 0.3) is 0 Å². The van der Waals surface area contributed by atoms with Crippen LogP contribution in [0.2, 0.25) is 0 Å². The van der Waals surface area contributed by atoms with Gasteiger partial charge in [-0.3, -0.25) is 0 Å². The monoisotopic (exact) mass is 316 g/mol. The Kier molecular flexibility index (Phi) is 3.67. The van der Waals surface area contributed by atoms with Gasteiger partial charge in [-0.2, -0.15) is 0 Å². The molecule has 0 saturated heterocycles. The van der Waals surface area contributed by atoms with Gasteiger partial charge in [0.1, 0.15) is 0 Å². The predicted octanol–water partition coefficient (Wildman–Crippen LogP) is 6.11. The van der Waals surface area contributed by atoms with Crippen molar-refractivity contribution in [1.29, 1.82) is 0 Å². The maximum Gasteiger partial charge on any atom is -0.000150 e. The van der Waals surface area contributed by atoms with Gasteiger partial charge in [0.05, 0.1) is 0 Å². The van der Waals surface area contributed by atoms with Crippen molar-refractivity contribution in [2.24, 2.45) is 11.3 Å². The lowest BCUT2D eigenvalue weighted by molar-refractivity contribution is 0.111. The Morgan fingerprint density at radius 3 is 2.42 bits per heavy atom. The quantitative estimate of drug-likeness (QED) is 0.587. The van der Waals surface area contributed by atoms with Crippen molar-refractivity contribution >= 4 is 0 Å². The number of benzene rings is 2. The molecule has 0 nitrogen and oxygen atoms in total. The topological polar surface area (TPSA) is 0 Å². The molecule has 0 spiro atoms. The van der Waals surface area contributed by atoms with Crippen molar-refractivity contribution in [3.63, 3.8) is 0 Å². The SMILES string of the molecule is CC1(C)C(Cc2ccccc2)=CC[C@]2(C)c3ccccc3CC[C@@H]12. The highest BCUT2D eigenvalue weighted by Crippen LogP contribution is 2.57. The molecule has 0 bridgehead atoms. The second-order valence-corrected chi connectivity index (χ2v) is 8.48. The minimum Gasteiger partial charge on any atom is -0.0836 e. The molecule has 2 aromatic rings. The van der Waals surface area contributed by atoms with Crippen molar-refractivity contribution in [3.8, 4) is 0 Å². The molecule has 0 aliphatic heterocycles. The Hall–Kier alpha value is -1.82. The number of aryl methyl sites for hydroxylation is 1. The lowest BCUT2D eigenvalue weighted by atomic mass is 9.50. The summed E-state index contributed by atoms with van der Waals surface area (Å²) in [5.41, 5.74) is 6.80. The summed E-state index contributed by atoms with van der Waals surface area (Å²) in [6.45, 7) is 7.47. The third-order valence-electron chi connectivity index (χ3n) is 6.81. The molecule has 0 aromatic heterocycles. The van der Waals surface area contributed by atoms with Gasteiger partial charge in [0.15, 0.2) is 0 Å². The Balaban J connectivity index is 1.73. The molecule has 24 heavy (non-hydrogen) atoms. The molecule has 124 valence electrons. The molecule has 0 amide bonds. The van der Waals surface area contributed by atoms with Crippen molar-refractivity contribution in [1.82, 2.24) is 0 Å². The molecule has 0 N–H and O–H groups in total. The molecule has 0 radical (unpaired) electrons. The van der Waals surface area contributed by atoms with Crippen LogP contribution < -0.4 is 0 Å². The van der Waals surface area contributed by atoms with E-state index in [9.17, 15) is 0 Å². The van der Waals surface area contributed by atoms with Crippen molar-refractivity contribution < 1.29 is 0 Å². The zero-order chi connectivity index (χ0) is 16.8. The maximum absolute atomic E-state index is 2.56. The van der Waals surface area contributed by atoms with Gasteiger partial charge in [0.2, 0.25) is 0 Å². The van der Waals surface area contributed by atoms with Gasteiger partial charge >= 0.3 is 0 Å².